The molecular formula is C16H22ClN5OS. The Kier molecular flexibility index (Phi) is 6.12. The van der Waals surface area contributed by atoms with Gasteiger partial charge in [-0.1, -0.05) is 62.3 Å². The second-order valence-electron chi connectivity index (χ2n) is 6.39. The SMILES string of the molecule is CC(C)(C)c1nnc(SCCC(=O)NCc2ccccc2Cl)n1N. The number of nitrogen functional groups attached to an aromatic ring is 1. The van der Waals surface area contributed by atoms with Gasteiger partial charge in [-0.25, -0.2) is 4.68 Å². The molecule has 0 bridgehead atoms. The fourth-order valence-corrected chi connectivity index (χ4v) is 3.04. The molecule has 130 valence electrons. The molecule has 0 spiro atoms. The number of halogens is 1. The Morgan fingerprint density at radius 2 is 2.04 bits per heavy atom. The van der Waals surface area contributed by atoms with Crippen molar-refractivity contribution in [3.63, 3.8) is 0 Å². The minimum absolute atomic E-state index is 0.0402. The van der Waals surface area contributed by atoms with Crippen LogP contribution in [0.25, 0.3) is 0 Å². The van der Waals surface area contributed by atoms with Crippen LogP contribution < -0.4 is 11.2 Å². The molecule has 0 radical (unpaired) electrons. The third-order valence-electron chi connectivity index (χ3n) is 3.33. The van der Waals surface area contributed by atoms with E-state index >= 15 is 0 Å². The number of hydrogen-bond acceptors (Lipinski definition) is 5. The Hall–Kier alpha value is -1.73. The first kappa shape index (κ1) is 18.6. The number of thioether (sulfide) groups is 1. The Labute approximate surface area is 151 Å². The monoisotopic (exact) mass is 367 g/mol. The highest BCUT2D eigenvalue weighted by Gasteiger charge is 2.22. The first-order valence-corrected chi connectivity index (χ1v) is 8.99. The second kappa shape index (κ2) is 7.90. The lowest BCUT2D eigenvalue weighted by Crippen LogP contribution is -2.24. The van der Waals surface area contributed by atoms with Gasteiger partial charge in [-0.3, -0.25) is 4.79 Å². The van der Waals surface area contributed by atoms with Crippen molar-refractivity contribution in [2.45, 2.75) is 44.3 Å². The van der Waals surface area contributed by atoms with E-state index in [2.05, 4.69) is 15.5 Å². The predicted molar refractivity (Wildman–Crippen MR) is 97.5 cm³/mol. The van der Waals surface area contributed by atoms with Crippen molar-refractivity contribution in [3.8, 4) is 0 Å². The van der Waals surface area contributed by atoms with Crippen LogP contribution in [0.3, 0.4) is 0 Å². The number of nitrogens with one attached hydrogen (secondary N) is 1. The summed E-state index contributed by atoms with van der Waals surface area (Å²) in [5.41, 5.74) is 0.726. The van der Waals surface area contributed by atoms with Gasteiger partial charge in [0.2, 0.25) is 11.1 Å². The highest BCUT2D eigenvalue weighted by molar-refractivity contribution is 7.99. The summed E-state index contributed by atoms with van der Waals surface area (Å²) >= 11 is 7.48. The Balaban J connectivity index is 1.79. The number of carbonyl (C=O) groups is 1. The van der Waals surface area contributed by atoms with E-state index in [1.165, 1.54) is 16.4 Å². The molecule has 0 aliphatic carbocycles. The molecule has 2 rings (SSSR count). The Morgan fingerprint density at radius 1 is 1.33 bits per heavy atom. The number of amides is 1. The Bertz CT molecular complexity index is 711. The quantitative estimate of drug-likeness (QED) is 0.605. The smallest absolute Gasteiger partial charge is 0.221 e. The maximum absolute atomic E-state index is 11.9. The molecule has 1 heterocycles. The number of nitrogens with two attached hydrogens (primary N) is 1. The summed E-state index contributed by atoms with van der Waals surface area (Å²) < 4.78 is 1.49. The largest absolute Gasteiger partial charge is 0.352 e. The summed E-state index contributed by atoms with van der Waals surface area (Å²) in [6, 6.07) is 7.45. The molecule has 3 N–H and O–H groups in total. The third-order valence-corrected chi connectivity index (χ3v) is 4.64. The van der Waals surface area contributed by atoms with Crippen molar-refractivity contribution in [1.82, 2.24) is 20.2 Å². The molecule has 0 fully saturated rings. The standard InChI is InChI=1S/C16H22ClN5OS/c1-16(2,3)14-20-21-15(22(14)18)24-9-8-13(23)19-10-11-6-4-5-7-12(11)17/h4-7H,8-10,18H2,1-3H3,(H,19,23). The summed E-state index contributed by atoms with van der Waals surface area (Å²) in [6.07, 6.45) is 0.368. The zero-order chi connectivity index (χ0) is 17.7. The van der Waals surface area contributed by atoms with Gasteiger partial charge in [0.15, 0.2) is 5.82 Å². The second-order valence-corrected chi connectivity index (χ2v) is 7.86. The lowest BCUT2D eigenvalue weighted by atomic mass is 9.96. The molecule has 0 saturated carbocycles. The van der Waals surface area contributed by atoms with Gasteiger partial charge in [0, 0.05) is 29.2 Å². The van der Waals surface area contributed by atoms with E-state index in [4.69, 9.17) is 17.4 Å². The van der Waals surface area contributed by atoms with Crippen LogP contribution in [0.2, 0.25) is 5.02 Å². The Morgan fingerprint density at radius 3 is 2.67 bits per heavy atom. The van der Waals surface area contributed by atoms with E-state index in [0.717, 1.165) is 5.56 Å². The maximum Gasteiger partial charge on any atom is 0.221 e. The average Bonchev–Trinajstić information content (AvgIpc) is 2.88. The van der Waals surface area contributed by atoms with E-state index in [1.807, 2.05) is 39.0 Å². The number of nitrogens with zero attached hydrogens (tertiary/aromatic N) is 3. The van der Waals surface area contributed by atoms with Gasteiger partial charge in [0.1, 0.15) is 0 Å². The number of benzene rings is 1. The van der Waals surface area contributed by atoms with Gasteiger partial charge in [-0.2, -0.15) is 0 Å². The number of hydrogen-bond donors (Lipinski definition) is 2. The van der Waals surface area contributed by atoms with Crippen molar-refractivity contribution in [3.05, 3.63) is 40.7 Å². The topological polar surface area (TPSA) is 85.8 Å². The lowest BCUT2D eigenvalue weighted by molar-refractivity contribution is -0.120. The van der Waals surface area contributed by atoms with Crippen LogP contribution in [0.1, 0.15) is 38.6 Å². The summed E-state index contributed by atoms with van der Waals surface area (Å²) in [6.45, 7) is 6.50. The van der Waals surface area contributed by atoms with Crippen molar-refractivity contribution in [1.29, 1.82) is 0 Å². The first-order valence-electron chi connectivity index (χ1n) is 7.63. The van der Waals surface area contributed by atoms with E-state index in [9.17, 15) is 4.79 Å². The van der Waals surface area contributed by atoms with Gasteiger partial charge in [0.25, 0.3) is 0 Å². The molecule has 0 unspecified atom stereocenters. The summed E-state index contributed by atoms with van der Waals surface area (Å²) in [5, 5.41) is 12.3. The molecule has 0 saturated heterocycles. The number of aromatic nitrogens is 3. The third kappa shape index (κ3) is 4.88. The van der Waals surface area contributed by atoms with E-state index < -0.39 is 0 Å². The molecule has 6 nitrogen and oxygen atoms in total. The molecule has 0 aliphatic heterocycles. The zero-order valence-electron chi connectivity index (χ0n) is 14.0. The van der Waals surface area contributed by atoms with Crippen LogP contribution in [-0.4, -0.2) is 26.5 Å². The van der Waals surface area contributed by atoms with E-state index in [1.54, 1.807) is 6.07 Å². The number of rotatable bonds is 6. The minimum atomic E-state index is -0.174. The van der Waals surface area contributed by atoms with Gasteiger partial charge < -0.3 is 11.2 Å². The maximum atomic E-state index is 11.9. The summed E-state index contributed by atoms with van der Waals surface area (Å²) in [7, 11) is 0. The molecule has 2 aromatic rings. The first-order chi connectivity index (χ1) is 11.3. The molecule has 0 aliphatic rings. The van der Waals surface area contributed by atoms with Crippen LogP contribution in [0.15, 0.2) is 29.4 Å². The van der Waals surface area contributed by atoms with E-state index in [-0.39, 0.29) is 11.3 Å². The van der Waals surface area contributed by atoms with Crippen molar-refractivity contribution in [2.24, 2.45) is 0 Å². The molecule has 1 aromatic heterocycles. The van der Waals surface area contributed by atoms with Crippen molar-refractivity contribution < 1.29 is 4.79 Å². The highest BCUT2D eigenvalue weighted by atomic mass is 35.5. The van der Waals surface area contributed by atoms with Gasteiger partial charge in [0.05, 0.1) is 0 Å². The molecule has 24 heavy (non-hydrogen) atoms. The van der Waals surface area contributed by atoms with Crippen LogP contribution in [0.5, 0.6) is 0 Å². The molecular weight excluding hydrogens is 346 g/mol. The highest BCUT2D eigenvalue weighted by Crippen LogP contribution is 2.23. The van der Waals surface area contributed by atoms with Gasteiger partial charge >= 0.3 is 0 Å². The molecule has 8 heteroatoms. The van der Waals surface area contributed by atoms with Gasteiger partial charge in [-0.05, 0) is 11.6 Å². The molecule has 1 amide bonds. The number of carbonyl (C=O) groups excluding carboxylic acids is 1. The van der Waals surface area contributed by atoms with Gasteiger partial charge in [-0.15, -0.1) is 10.2 Å². The molecule has 0 atom stereocenters. The fraction of sp³-hybridized carbons (Fsp3) is 0.438. The molecule has 1 aromatic carbocycles. The lowest BCUT2D eigenvalue weighted by Gasteiger charge is -2.16. The predicted octanol–water partition coefficient (Wildman–Crippen LogP) is 2.74. The van der Waals surface area contributed by atoms with E-state index in [0.29, 0.717) is 34.7 Å². The van der Waals surface area contributed by atoms with Crippen molar-refractivity contribution >= 4 is 29.3 Å². The summed E-state index contributed by atoms with van der Waals surface area (Å²) in [5.74, 6) is 7.27. The van der Waals surface area contributed by atoms with Crippen LogP contribution in [0, 0.1) is 0 Å². The minimum Gasteiger partial charge on any atom is -0.352 e. The average molecular weight is 368 g/mol. The van der Waals surface area contributed by atoms with Crippen LogP contribution in [-0.2, 0) is 16.8 Å². The normalized spacial score (nSPS) is 11.5. The zero-order valence-corrected chi connectivity index (χ0v) is 15.6. The van der Waals surface area contributed by atoms with Crippen molar-refractivity contribution in [2.75, 3.05) is 11.6 Å². The van der Waals surface area contributed by atoms with Crippen LogP contribution >= 0.6 is 23.4 Å². The fourth-order valence-electron chi connectivity index (χ4n) is 2.05. The van der Waals surface area contributed by atoms with Crippen LogP contribution in [0.4, 0.5) is 0 Å². The summed E-state index contributed by atoms with van der Waals surface area (Å²) in [4.78, 5) is 11.9.